The number of anilines is 2. The van der Waals surface area contributed by atoms with Gasteiger partial charge in [-0.05, 0) is 55.9 Å². The second kappa shape index (κ2) is 9.16. The number of carbonyl (C=O) groups is 1. The van der Waals surface area contributed by atoms with Crippen molar-refractivity contribution in [1.29, 1.82) is 0 Å². The number of rotatable bonds is 7. The SMILES string of the molecule is Cc1ccc(NC(=O)C(Sc2nnc(N3CCCC3)n2C2CC2)c2ccccc2)cc1Cl. The van der Waals surface area contributed by atoms with Crippen LogP contribution in [-0.2, 0) is 4.79 Å². The maximum atomic E-state index is 13.4. The summed E-state index contributed by atoms with van der Waals surface area (Å²) in [4.78, 5) is 15.8. The number of nitrogens with one attached hydrogen (secondary N) is 1. The third-order valence-electron chi connectivity index (χ3n) is 5.95. The highest BCUT2D eigenvalue weighted by Crippen LogP contribution is 2.44. The Morgan fingerprint density at radius 2 is 1.88 bits per heavy atom. The van der Waals surface area contributed by atoms with Crippen LogP contribution in [0.25, 0.3) is 0 Å². The number of hydrogen-bond acceptors (Lipinski definition) is 5. The van der Waals surface area contributed by atoms with E-state index >= 15 is 0 Å². The topological polar surface area (TPSA) is 63.1 Å². The molecule has 2 heterocycles. The fourth-order valence-electron chi connectivity index (χ4n) is 4.02. The zero-order valence-electron chi connectivity index (χ0n) is 18.0. The molecule has 2 aliphatic rings. The minimum Gasteiger partial charge on any atom is -0.341 e. The van der Waals surface area contributed by atoms with Crippen LogP contribution >= 0.6 is 23.4 Å². The van der Waals surface area contributed by atoms with Crippen LogP contribution in [0.3, 0.4) is 0 Å². The molecular formula is C24H26ClN5OS. The largest absolute Gasteiger partial charge is 0.341 e. The molecule has 1 unspecified atom stereocenters. The minimum absolute atomic E-state index is 0.103. The molecule has 1 aliphatic carbocycles. The Kier molecular flexibility index (Phi) is 6.11. The number of hydrogen-bond donors (Lipinski definition) is 1. The summed E-state index contributed by atoms with van der Waals surface area (Å²) in [6.07, 6.45) is 4.65. The normalized spacial score (nSPS) is 16.9. The van der Waals surface area contributed by atoms with E-state index in [9.17, 15) is 4.79 Å². The molecule has 166 valence electrons. The molecule has 2 fully saturated rings. The monoisotopic (exact) mass is 467 g/mol. The van der Waals surface area contributed by atoms with Gasteiger partial charge in [-0.3, -0.25) is 9.36 Å². The lowest BCUT2D eigenvalue weighted by atomic mass is 10.1. The summed E-state index contributed by atoms with van der Waals surface area (Å²) >= 11 is 7.74. The fraction of sp³-hybridized carbons (Fsp3) is 0.375. The third kappa shape index (κ3) is 4.50. The molecule has 1 N–H and O–H groups in total. The van der Waals surface area contributed by atoms with Crippen molar-refractivity contribution in [3.8, 4) is 0 Å². The summed E-state index contributed by atoms with van der Waals surface area (Å²) in [5, 5.41) is 13.1. The smallest absolute Gasteiger partial charge is 0.242 e. The Hall–Kier alpha value is -2.51. The summed E-state index contributed by atoms with van der Waals surface area (Å²) in [5.74, 6) is 0.847. The van der Waals surface area contributed by atoms with E-state index in [1.165, 1.54) is 24.6 Å². The van der Waals surface area contributed by atoms with Crippen molar-refractivity contribution in [2.24, 2.45) is 0 Å². The van der Waals surface area contributed by atoms with Crippen molar-refractivity contribution in [2.75, 3.05) is 23.3 Å². The van der Waals surface area contributed by atoms with Gasteiger partial charge in [-0.15, -0.1) is 10.2 Å². The highest BCUT2D eigenvalue weighted by atomic mass is 35.5. The molecule has 0 spiro atoms. The predicted molar refractivity (Wildman–Crippen MR) is 130 cm³/mol. The van der Waals surface area contributed by atoms with Gasteiger partial charge in [0.25, 0.3) is 0 Å². The summed E-state index contributed by atoms with van der Waals surface area (Å²) in [5.41, 5.74) is 2.60. The molecule has 1 aliphatic heterocycles. The predicted octanol–water partition coefficient (Wildman–Crippen LogP) is 5.65. The van der Waals surface area contributed by atoms with E-state index in [2.05, 4.69) is 25.0 Å². The molecular weight excluding hydrogens is 442 g/mol. The first kappa shape index (κ1) is 21.3. The van der Waals surface area contributed by atoms with Crippen molar-refractivity contribution in [3.05, 3.63) is 64.7 Å². The zero-order valence-corrected chi connectivity index (χ0v) is 19.6. The molecule has 0 bridgehead atoms. The Bertz CT molecular complexity index is 1110. The van der Waals surface area contributed by atoms with Crippen LogP contribution in [0.2, 0.25) is 5.02 Å². The van der Waals surface area contributed by atoms with Gasteiger partial charge in [-0.1, -0.05) is 59.8 Å². The lowest BCUT2D eigenvalue weighted by Crippen LogP contribution is -2.22. The second-order valence-electron chi connectivity index (χ2n) is 8.44. The molecule has 3 aromatic rings. The van der Waals surface area contributed by atoms with Crippen molar-refractivity contribution in [2.45, 2.75) is 49.1 Å². The number of halogens is 1. The van der Waals surface area contributed by atoms with E-state index in [1.807, 2.05) is 49.4 Å². The first-order chi connectivity index (χ1) is 15.6. The average molecular weight is 468 g/mol. The van der Waals surface area contributed by atoms with Crippen LogP contribution in [0, 0.1) is 6.92 Å². The van der Waals surface area contributed by atoms with Gasteiger partial charge in [0.2, 0.25) is 11.9 Å². The number of aryl methyl sites for hydroxylation is 1. The summed E-state index contributed by atoms with van der Waals surface area (Å²) in [7, 11) is 0. The molecule has 1 atom stereocenters. The second-order valence-corrected chi connectivity index (χ2v) is 9.92. The quantitative estimate of drug-likeness (QED) is 0.455. The molecule has 1 aromatic heterocycles. The van der Waals surface area contributed by atoms with Crippen LogP contribution in [-0.4, -0.2) is 33.8 Å². The first-order valence-corrected chi connectivity index (χ1v) is 12.3. The fourth-order valence-corrected chi connectivity index (χ4v) is 5.30. The Morgan fingerprint density at radius 3 is 2.56 bits per heavy atom. The van der Waals surface area contributed by atoms with Crippen LogP contribution < -0.4 is 10.2 Å². The van der Waals surface area contributed by atoms with Gasteiger partial charge in [0.05, 0.1) is 0 Å². The number of nitrogens with zero attached hydrogens (tertiary/aromatic N) is 4. The van der Waals surface area contributed by atoms with Crippen LogP contribution in [0.5, 0.6) is 0 Å². The van der Waals surface area contributed by atoms with Gasteiger partial charge in [-0.25, -0.2) is 0 Å². The van der Waals surface area contributed by atoms with Gasteiger partial charge in [0, 0.05) is 29.8 Å². The number of thioether (sulfide) groups is 1. The average Bonchev–Trinajstić information content (AvgIpc) is 3.31. The van der Waals surface area contributed by atoms with Crippen molar-refractivity contribution >= 4 is 40.9 Å². The molecule has 1 amide bonds. The van der Waals surface area contributed by atoms with Gasteiger partial charge in [-0.2, -0.15) is 0 Å². The molecule has 32 heavy (non-hydrogen) atoms. The van der Waals surface area contributed by atoms with E-state index in [1.54, 1.807) is 6.07 Å². The maximum Gasteiger partial charge on any atom is 0.242 e. The molecule has 2 aromatic carbocycles. The molecule has 8 heteroatoms. The van der Waals surface area contributed by atoms with Crippen molar-refractivity contribution in [1.82, 2.24) is 14.8 Å². The molecule has 6 nitrogen and oxygen atoms in total. The summed E-state index contributed by atoms with van der Waals surface area (Å²) < 4.78 is 2.25. The molecule has 5 rings (SSSR count). The molecule has 0 radical (unpaired) electrons. The van der Waals surface area contributed by atoms with Crippen LogP contribution in [0.15, 0.2) is 53.7 Å². The van der Waals surface area contributed by atoms with Crippen molar-refractivity contribution in [3.63, 3.8) is 0 Å². The lowest BCUT2D eigenvalue weighted by Gasteiger charge is -2.20. The zero-order chi connectivity index (χ0) is 22.1. The minimum atomic E-state index is -0.454. The number of carbonyl (C=O) groups excluding carboxylic acids is 1. The van der Waals surface area contributed by atoms with E-state index in [0.29, 0.717) is 16.8 Å². The number of amides is 1. The first-order valence-electron chi connectivity index (χ1n) is 11.1. The van der Waals surface area contributed by atoms with Crippen LogP contribution in [0.1, 0.15) is 48.1 Å². The Morgan fingerprint density at radius 1 is 1.12 bits per heavy atom. The van der Waals surface area contributed by atoms with E-state index in [-0.39, 0.29) is 5.91 Å². The third-order valence-corrected chi connectivity index (χ3v) is 7.57. The standard InChI is InChI=1S/C24H26ClN5OS/c1-16-9-10-18(15-20(16)25)26-22(31)21(17-7-3-2-4-8-17)32-24-28-27-23(29-13-5-6-14-29)30(24)19-11-12-19/h2-4,7-10,15,19,21H,5-6,11-14H2,1H3,(H,26,31). The lowest BCUT2D eigenvalue weighted by molar-refractivity contribution is -0.115. The highest BCUT2D eigenvalue weighted by Gasteiger charge is 2.34. The highest BCUT2D eigenvalue weighted by molar-refractivity contribution is 8.00. The maximum absolute atomic E-state index is 13.4. The van der Waals surface area contributed by atoms with Gasteiger partial charge < -0.3 is 10.2 Å². The van der Waals surface area contributed by atoms with E-state index in [4.69, 9.17) is 11.6 Å². The van der Waals surface area contributed by atoms with Gasteiger partial charge in [0.1, 0.15) is 5.25 Å². The van der Waals surface area contributed by atoms with Crippen LogP contribution in [0.4, 0.5) is 11.6 Å². The Labute approximate surface area is 197 Å². The van der Waals surface area contributed by atoms with E-state index in [0.717, 1.165) is 48.2 Å². The summed E-state index contributed by atoms with van der Waals surface area (Å²) in [6, 6.07) is 15.9. The van der Waals surface area contributed by atoms with Crippen molar-refractivity contribution < 1.29 is 4.79 Å². The Balaban J connectivity index is 1.44. The number of benzene rings is 2. The number of aromatic nitrogens is 3. The summed E-state index contributed by atoms with van der Waals surface area (Å²) in [6.45, 7) is 3.98. The van der Waals surface area contributed by atoms with E-state index < -0.39 is 5.25 Å². The molecule has 1 saturated carbocycles. The van der Waals surface area contributed by atoms with Gasteiger partial charge >= 0.3 is 0 Å². The van der Waals surface area contributed by atoms with Gasteiger partial charge in [0.15, 0.2) is 5.16 Å². The molecule has 1 saturated heterocycles.